The number of para-hydroxylation sites is 2. The third-order valence-corrected chi connectivity index (χ3v) is 8.26. The zero-order valence-electron chi connectivity index (χ0n) is 19.1. The molecule has 1 atom stereocenters. The monoisotopic (exact) mass is 496 g/mol. The first-order valence-corrected chi connectivity index (χ1v) is 13.3. The molecule has 1 saturated carbocycles. The van der Waals surface area contributed by atoms with Gasteiger partial charge in [-0.05, 0) is 65.8 Å². The van der Waals surface area contributed by atoms with Gasteiger partial charge in [-0.3, -0.25) is 9.59 Å². The van der Waals surface area contributed by atoms with E-state index in [1.54, 1.807) is 23.3 Å². The van der Waals surface area contributed by atoms with Gasteiger partial charge in [-0.15, -0.1) is 22.7 Å². The van der Waals surface area contributed by atoms with Crippen molar-refractivity contribution in [2.24, 2.45) is 5.92 Å². The van der Waals surface area contributed by atoms with Crippen molar-refractivity contribution in [3.05, 3.63) is 68.5 Å². The molecular formula is C26H28N2O4S2. The molecule has 1 aliphatic carbocycles. The summed E-state index contributed by atoms with van der Waals surface area (Å²) >= 11 is 3.15. The highest BCUT2D eigenvalue weighted by Crippen LogP contribution is 2.36. The number of ether oxygens (including phenoxy) is 2. The van der Waals surface area contributed by atoms with E-state index in [0.29, 0.717) is 42.0 Å². The molecule has 34 heavy (non-hydrogen) atoms. The van der Waals surface area contributed by atoms with Crippen LogP contribution in [-0.4, -0.2) is 55.0 Å². The van der Waals surface area contributed by atoms with E-state index in [2.05, 4.69) is 11.4 Å². The fourth-order valence-corrected chi connectivity index (χ4v) is 6.04. The highest BCUT2D eigenvalue weighted by atomic mass is 32.1. The average molecular weight is 497 g/mol. The minimum absolute atomic E-state index is 0.0315. The molecule has 5 rings (SSSR count). The Bertz CT molecular complexity index is 1140. The van der Waals surface area contributed by atoms with Crippen LogP contribution < -0.4 is 9.47 Å². The van der Waals surface area contributed by atoms with Gasteiger partial charge in [-0.1, -0.05) is 18.2 Å². The molecule has 2 aliphatic rings. The standard InChI is InChI=1S/C26H28N2O4S2/c1-31-21-5-2-3-6-22(21)32-17-20-19-11-14-34-23(19)10-12-28(20)25(29)16-27(15-18-8-9-18)26(30)24-7-4-13-33-24/h2-7,11,13-14,18,20H,8-10,12,15-17H2,1H3. The van der Waals surface area contributed by atoms with Crippen LogP contribution in [-0.2, 0) is 11.2 Å². The Labute approximate surface area is 207 Å². The molecule has 1 unspecified atom stereocenters. The lowest BCUT2D eigenvalue weighted by atomic mass is 10.0. The molecule has 8 heteroatoms. The maximum Gasteiger partial charge on any atom is 0.264 e. The number of rotatable bonds is 9. The van der Waals surface area contributed by atoms with Gasteiger partial charge in [-0.2, -0.15) is 0 Å². The van der Waals surface area contributed by atoms with E-state index < -0.39 is 0 Å². The average Bonchev–Trinajstić information content (AvgIpc) is 3.30. The largest absolute Gasteiger partial charge is 0.493 e. The Kier molecular flexibility index (Phi) is 6.87. The highest BCUT2D eigenvalue weighted by molar-refractivity contribution is 7.12. The Morgan fingerprint density at radius 2 is 1.88 bits per heavy atom. The topological polar surface area (TPSA) is 59.1 Å². The molecule has 1 aromatic carbocycles. The van der Waals surface area contributed by atoms with Crippen molar-refractivity contribution in [3.63, 3.8) is 0 Å². The van der Waals surface area contributed by atoms with Gasteiger partial charge >= 0.3 is 0 Å². The molecule has 0 N–H and O–H groups in total. The number of nitrogens with zero attached hydrogens (tertiary/aromatic N) is 2. The number of methoxy groups -OCH3 is 1. The first kappa shape index (κ1) is 22.9. The third kappa shape index (κ3) is 4.98. The maximum atomic E-state index is 13.6. The van der Waals surface area contributed by atoms with Crippen LogP contribution in [0.1, 0.15) is 39.0 Å². The summed E-state index contributed by atoms with van der Waals surface area (Å²) in [7, 11) is 1.62. The number of hydrogen-bond donors (Lipinski definition) is 0. The maximum absolute atomic E-state index is 13.6. The second kappa shape index (κ2) is 10.2. The zero-order valence-corrected chi connectivity index (χ0v) is 20.8. The fourth-order valence-electron chi connectivity index (χ4n) is 4.42. The van der Waals surface area contributed by atoms with Crippen molar-refractivity contribution in [1.29, 1.82) is 0 Å². The summed E-state index contributed by atoms with van der Waals surface area (Å²) < 4.78 is 11.6. The number of thiophene rings is 2. The SMILES string of the molecule is COc1ccccc1OCC1c2ccsc2CCN1C(=O)CN(CC1CC1)C(=O)c1cccs1. The second-order valence-corrected chi connectivity index (χ2v) is 10.7. The minimum atomic E-state index is -0.202. The summed E-state index contributed by atoms with van der Waals surface area (Å²) in [5, 5.41) is 3.98. The van der Waals surface area contributed by atoms with Crippen molar-refractivity contribution < 1.29 is 19.1 Å². The predicted octanol–water partition coefficient (Wildman–Crippen LogP) is 4.88. The summed E-state index contributed by atoms with van der Waals surface area (Å²) in [5.74, 6) is 1.74. The van der Waals surface area contributed by atoms with Gasteiger partial charge in [-0.25, -0.2) is 0 Å². The van der Waals surface area contributed by atoms with Gasteiger partial charge in [0.15, 0.2) is 11.5 Å². The molecule has 1 fully saturated rings. The quantitative estimate of drug-likeness (QED) is 0.424. The molecule has 2 amide bonds. The first-order chi connectivity index (χ1) is 16.6. The van der Waals surface area contributed by atoms with Crippen molar-refractivity contribution in [2.45, 2.75) is 25.3 Å². The minimum Gasteiger partial charge on any atom is -0.493 e. The lowest BCUT2D eigenvalue weighted by Gasteiger charge is -2.37. The smallest absolute Gasteiger partial charge is 0.264 e. The van der Waals surface area contributed by atoms with Gasteiger partial charge in [0.05, 0.1) is 18.0 Å². The second-order valence-electron chi connectivity index (χ2n) is 8.72. The van der Waals surface area contributed by atoms with E-state index in [0.717, 1.165) is 24.8 Å². The lowest BCUT2D eigenvalue weighted by Crippen LogP contribution is -2.48. The summed E-state index contributed by atoms with van der Waals surface area (Å²) in [4.78, 5) is 32.4. The Morgan fingerprint density at radius 3 is 2.62 bits per heavy atom. The number of amides is 2. The van der Waals surface area contributed by atoms with Crippen molar-refractivity contribution >= 4 is 34.5 Å². The Hall–Kier alpha value is -2.84. The number of hydrogen-bond acceptors (Lipinski definition) is 6. The molecule has 6 nitrogen and oxygen atoms in total. The number of carbonyl (C=O) groups excluding carboxylic acids is 2. The van der Waals surface area contributed by atoms with E-state index in [9.17, 15) is 9.59 Å². The van der Waals surface area contributed by atoms with Crippen LogP contribution in [0, 0.1) is 5.92 Å². The van der Waals surface area contributed by atoms with Gasteiger partial charge in [0.2, 0.25) is 5.91 Å². The molecule has 178 valence electrons. The fraction of sp³-hybridized carbons (Fsp3) is 0.385. The van der Waals surface area contributed by atoms with E-state index in [4.69, 9.17) is 9.47 Å². The molecule has 1 aliphatic heterocycles. The molecule has 3 heterocycles. The van der Waals surface area contributed by atoms with Gasteiger partial charge in [0.1, 0.15) is 13.2 Å². The number of carbonyl (C=O) groups is 2. The Balaban J connectivity index is 1.34. The normalized spacial score (nSPS) is 17.2. The van der Waals surface area contributed by atoms with Crippen LogP contribution in [0.15, 0.2) is 53.2 Å². The zero-order chi connectivity index (χ0) is 23.5. The number of fused-ring (bicyclic) bond motifs is 1. The van der Waals surface area contributed by atoms with Crippen molar-refractivity contribution in [1.82, 2.24) is 9.80 Å². The molecule has 0 radical (unpaired) electrons. The summed E-state index contributed by atoms with van der Waals surface area (Å²) in [6.45, 7) is 1.69. The molecule has 0 saturated heterocycles. The molecule has 2 aromatic heterocycles. The molecular weight excluding hydrogens is 468 g/mol. The number of benzene rings is 1. The Morgan fingerprint density at radius 1 is 1.06 bits per heavy atom. The molecule has 0 spiro atoms. The highest BCUT2D eigenvalue weighted by Gasteiger charge is 2.35. The lowest BCUT2D eigenvalue weighted by molar-refractivity contribution is -0.135. The summed E-state index contributed by atoms with van der Waals surface area (Å²) in [6, 6.07) is 13.1. The van der Waals surface area contributed by atoms with Crippen molar-refractivity contribution in [2.75, 3.05) is 33.4 Å². The van der Waals surface area contributed by atoms with Crippen molar-refractivity contribution in [3.8, 4) is 11.5 Å². The van der Waals surface area contributed by atoms with Crippen LogP contribution in [0.25, 0.3) is 0 Å². The third-order valence-electron chi connectivity index (χ3n) is 6.40. The van der Waals surface area contributed by atoms with Crippen LogP contribution in [0.2, 0.25) is 0 Å². The van der Waals surface area contributed by atoms with Gasteiger partial charge in [0.25, 0.3) is 5.91 Å². The van der Waals surface area contributed by atoms with Crippen LogP contribution in [0.5, 0.6) is 11.5 Å². The van der Waals surface area contributed by atoms with E-state index >= 15 is 0 Å². The molecule has 3 aromatic rings. The van der Waals surface area contributed by atoms with Gasteiger partial charge < -0.3 is 19.3 Å². The molecule has 0 bridgehead atoms. The van der Waals surface area contributed by atoms with E-state index in [1.165, 1.54) is 16.2 Å². The summed E-state index contributed by atoms with van der Waals surface area (Å²) in [5.41, 5.74) is 1.14. The van der Waals surface area contributed by atoms with Gasteiger partial charge in [0, 0.05) is 18.0 Å². The van der Waals surface area contributed by atoms with Crippen LogP contribution in [0.4, 0.5) is 0 Å². The van der Waals surface area contributed by atoms with E-state index in [1.807, 2.05) is 46.7 Å². The predicted molar refractivity (Wildman–Crippen MR) is 134 cm³/mol. The first-order valence-electron chi connectivity index (χ1n) is 11.6. The van der Waals surface area contributed by atoms with Crippen LogP contribution >= 0.6 is 22.7 Å². The summed E-state index contributed by atoms with van der Waals surface area (Å²) in [6.07, 6.45) is 3.07. The van der Waals surface area contributed by atoms with E-state index in [-0.39, 0.29) is 24.4 Å². The van der Waals surface area contributed by atoms with Crippen LogP contribution in [0.3, 0.4) is 0 Å².